The van der Waals surface area contributed by atoms with Gasteiger partial charge in [0, 0.05) is 26.3 Å². The summed E-state index contributed by atoms with van der Waals surface area (Å²) in [7, 11) is -0.410. The number of aromatic nitrogens is 1. The van der Waals surface area contributed by atoms with Crippen molar-refractivity contribution >= 4 is 28.3 Å². The smallest absolute Gasteiger partial charge is 0.265 e. The second-order valence-electron chi connectivity index (χ2n) is 5.04. The fourth-order valence-electron chi connectivity index (χ4n) is 2.45. The molecule has 1 amide bonds. The molecule has 2 rings (SSSR count). The Kier molecular flexibility index (Phi) is 5.80. The summed E-state index contributed by atoms with van der Waals surface area (Å²) in [5, 5.41) is 3.20. The molecule has 0 saturated carbocycles. The van der Waals surface area contributed by atoms with Crippen LogP contribution in [-0.2, 0) is 17.1 Å². The van der Waals surface area contributed by atoms with Gasteiger partial charge in [-0.15, -0.1) is 12.4 Å². The summed E-state index contributed by atoms with van der Waals surface area (Å²) in [5.74, 6) is -0.640. The zero-order chi connectivity index (χ0) is 14.9. The van der Waals surface area contributed by atoms with Crippen LogP contribution in [-0.4, -0.2) is 49.4 Å². The Labute approximate surface area is 130 Å². The van der Waals surface area contributed by atoms with E-state index in [-0.39, 0.29) is 29.0 Å². The number of aryl methyl sites for hydroxylation is 1. The fourth-order valence-corrected chi connectivity index (χ4v) is 3.94. The van der Waals surface area contributed by atoms with Crippen molar-refractivity contribution in [3.05, 3.63) is 18.0 Å². The van der Waals surface area contributed by atoms with Crippen LogP contribution in [0.15, 0.2) is 17.2 Å². The van der Waals surface area contributed by atoms with Gasteiger partial charge in [0.1, 0.15) is 10.6 Å². The summed E-state index contributed by atoms with van der Waals surface area (Å²) in [6, 6.07) is 1.31. The van der Waals surface area contributed by atoms with Crippen LogP contribution in [0.4, 0.5) is 0 Å². The molecule has 0 spiro atoms. The van der Waals surface area contributed by atoms with Crippen LogP contribution in [0, 0.1) is 0 Å². The first-order valence-electron chi connectivity index (χ1n) is 6.49. The van der Waals surface area contributed by atoms with Crippen molar-refractivity contribution < 1.29 is 13.2 Å². The Bertz CT molecular complexity index is 608. The molecule has 1 saturated heterocycles. The Morgan fingerprint density at radius 1 is 1.43 bits per heavy atom. The fraction of sp³-hybridized carbons (Fsp3) is 0.583. The second kappa shape index (κ2) is 6.78. The average molecular weight is 337 g/mol. The minimum absolute atomic E-state index is 0. The van der Waals surface area contributed by atoms with Crippen molar-refractivity contribution in [1.29, 1.82) is 0 Å². The largest absolute Gasteiger partial charge is 0.364 e. The van der Waals surface area contributed by atoms with E-state index in [4.69, 9.17) is 5.73 Å². The molecule has 7 nitrogen and oxygen atoms in total. The van der Waals surface area contributed by atoms with Crippen LogP contribution in [0.3, 0.4) is 0 Å². The van der Waals surface area contributed by atoms with Crippen LogP contribution < -0.4 is 11.1 Å². The van der Waals surface area contributed by atoms with Crippen molar-refractivity contribution in [2.24, 2.45) is 12.8 Å². The first-order chi connectivity index (χ1) is 9.34. The van der Waals surface area contributed by atoms with E-state index in [1.165, 1.54) is 21.1 Å². The number of hydrogen-bond acceptors (Lipinski definition) is 4. The molecule has 0 aromatic carbocycles. The van der Waals surface area contributed by atoms with Gasteiger partial charge in [-0.3, -0.25) is 4.79 Å². The van der Waals surface area contributed by atoms with Crippen molar-refractivity contribution in [3.8, 4) is 0 Å². The number of rotatable bonds is 4. The van der Waals surface area contributed by atoms with Gasteiger partial charge in [-0.1, -0.05) is 0 Å². The van der Waals surface area contributed by atoms with Gasteiger partial charge in [-0.25, -0.2) is 8.42 Å². The summed E-state index contributed by atoms with van der Waals surface area (Å²) in [4.78, 5) is 11.3. The molecule has 1 aromatic rings. The summed E-state index contributed by atoms with van der Waals surface area (Å²) in [5.41, 5.74) is 5.40. The van der Waals surface area contributed by atoms with Crippen molar-refractivity contribution in [2.45, 2.75) is 23.8 Å². The highest BCUT2D eigenvalue weighted by molar-refractivity contribution is 7.89. The molecule has 21 heavy (non-hydrogen) atoms. The number of carbonyl (C=O) groups is 1. The molecule has 120 valence electrons. The van der Waals surface area contributed by atoms with Crippen molar-refractivity contribution in [2.75, 3.05) is 20.1 Å². The SMILES string of the molecule is CN(C1CCNCC1)S(=O)(=O)c1cc(C(N)=O)n(C)c1.Cl. The lowest BCUT2D eigenvalue weighted by molar-refractivity contribution is 0.0992. The molecule has 1 aromatic heterocycles. The van der Waals surface area contributed by atoms with E-state index in [2.05, 4.69) is 5.32 Å². The number of amides is 1. The van der Waals surface area contributed by atoms with Crippen LogP contribution in [0.2, 0.25) is 0 Å². The summed E-state index contributed by atoms with van der Waals surface area (Å²) >= 11 is 0. The van der Waals surface area contributed by atoms with Crippen LogP contribution in [0.5, 0.6) is 0 Å². The van der Waals surface area contributed by atoms with Crippen molar-refractivity contribution in [3.63, 3.8) is 0 Å². The maximum atomic E-state index is 12.6. The first kappa shape index (κ1) is 18.0. The number of nitrogens with two attached hydrogens (primary N) is 1. The molecule has 3 N–H and O–H groups in total. The minimum atomic E-state index is -3.60. The number of nitrogens with one attached hydrogen (secondary N) is 1. The van der Waals surface area contributed by atoms with Crippen LogP contribution in [0.1, 0.15) is 23.3 Å². The number of sulfonamides is 1. The quantitative estimate of drug-likeness (QED) is 0.803. The third kappa shape index (κ3) is 3.57. The Balaban J connectivity index is 0.00000220. The average Bonchev–Trinajstić information content (AvgIpc) is 2.82. The molecule has 2 heterocycles. The topological polar surface area (TPSA) is 97.4 Å². The Morgan fingerprint density at radius 3 is 2.48 bits per heavy atom. The van der Waals surface area contributed by atoms with E-state index in [0.717, 1.165) is 25.9 Å². The molecule has 0 aliphatic carbocycles. The molecule has 0 bridgehead atoms. The standard InChI is InChI=1S/C12H20N4O3S.ClH/c1-15-8-10(7-11(15)12(13)17)20(18,19)16(2)9-3-5-14-6-4-9;/h7-9,14H,3-6H2,1-2H3,(H2,13,17);1H. The van der Waals surface area contributed by atoms with Crippen LogP contribution >= 0.6 is 12.4 Å². The van der Waals surface area contributed by atoms with Gasteiger partial charge >= 0.3 is 0 Å². The molecule has 9 heteroatoms. The van der Waals surface area contributed by atoms with Gasteiger partial charge in [0.05, 0.1) is 0 Å². The van der Waals surface area contributed by atoms with Gasteiger partial charge in [0.25, 0.3) is 5.91 Å². The van der Waals surface area contributed by atoms with Gasteiger partial charge in [0.2, 0.25) is 10.0 Å². The summed E-state index contributed by atoms with van der Waals surface area (Å²) in [6.07, 6.45) is 2.99. The van der Waals surface area contributed by atoms with Gasteiger partial charge < -0.3 is 15.6 Å². The first-order valence-corrected chi connectivity index (χ1v) is 7.93. The van der Waals surface area contributed by atoms with E-state index < -0.39 is 15.9 Å². The number of carbonyl (C=O) groups excluding carboxylic acids is 1. The molecule has 0 atom stereocenters. The van der Waals surface area contributed by atoms with Gasteiger partial charge in [0.15, 0.2) is 0 Å². The number of piperidine rings is 1. The minimum Gasteiger partial charge on any atom is -0.364 e. The maximum Gasteiger partial charge on any atom is 0.265 e. The normalized spacial score (nSPS) is 16.7. The molecule has 0 unspecified atom stereocenters. The van der Waals surface area contributed by atoms with E-state index in [1.54, 1.807) is 14.1 Å². The molecular formula is C12H21ClN4O3S. The molecule has 1 aliphatic heterocycles. The van der Waals surface area contributed by atoms with E-state index in [1.807, 2.05) is 0 Å². The van der Waals surface area contributed by atoms with Crippen LogP contribution in [0.25, 0.3) is 0 Å². The highest BCUT2D eigenvalue weighted by Gasteiger charge is 2.30. The third-order valence-corrected chi connectivity index (χ3v) is 5.61. The summed E-state index contributed by atoms with van der Waals surface area (Å²) in [6.45, 7) is 1.62. The Morgan fingerprint density at radius 2 is 2.00 bits per heavy atom. The number of hydrogen-bond donors (Lipinski definition) is 2. The highest BCUT2D eigenvalue weighted by Crippen LogP contribution is 2.22. The molecule has 1 aliphatic rings. The van der Waals surface area contributed by atoms with Crippen molar-refractivity contribution in [1.82, 2.24) is 14.2 Å². The number of primary amides is 1. The monoisotopic (exact) mass is 336 g/mol. The Hall–Kier alpha value is -1.09. The zero-order valence-electron chi connectivity index (χ0n) is 12.1. The lowest BCUT2D eigenvalue weighted by atomic mass is 10.1. The number of halogens is 1. The second-order valence-corrected chi connectivity index (χ2v) is 7.04. The van der Waals surface area contributed by atoms with E-state index in [9.17, 15) is 13.2 Å². The lowest BCUT2D eigenvalue weighted by Crippen LogP contribution is -2.43. The number of nitrogens with zero attached hydrogens (tertiary/aromatic N) is 2. The predicted molar refractivity (Wildman–Crippen MR) is 82.0 cm³/mol. The molecule has 1 fully saturated rings. The maximum absolute atomic E-state index is 12.6. The highest BCUT2D eigenvalue weighted by atomic mass is 35.5. The molecule has 0 radical (unpaired) electrons. The van der Waals surface area contributed by atoms with E-state index in [0.29, 0.717) is 0 Å². The zero-order valence-corrected chi connectivity index (χ0v) is 13.7. The predicted octanol–water partition coefficient (Wildman–Crippen LogP) is -0.0817. The van der Waals surface area contributed by atoms with E-state index >= 15 is 0 Å². The summed E-state index contributed by atoms with van der Waals surface area (Å²) < 4.78 is 28.0. The van der Waals surface area contributed by atoms with Gasteiger partial charge in [-0.2, -0.15) is 4.31 Å². The third-order valence-electron chi connectivity index (χ3n) is 3.73. The van der Waals surface area contributed by atoms with Gasteiger partial charge in [-0.05, 0) is 32.0 Å². The molecular weight excluding hydrogens is 316 g/mol. The lowest BCUT2D eigenvalue weighted by Gasteiger charge is -2.30.